The van der Waals surface area contributed by atoms with Gasteiger partial charge in [0.2, 0.25) is 21.8 Å². The van der Waals surface area contributed by atoms with E-state index < -0.39 is 10.0 Å². The maximum atomic E-state index is 12.6. The Labute approximate surface area is 167 Å². The van der Waals surface area contributed by atoms with Crippen molar-refractivity contribution in [1.29, 1.82) is 0 Å². The first-order chi connectivity index (χ1) is 13.5. The Morgan fingerprint density at radius 3 is 2.29 bits per heavy atom. The van der Waals surface area contributed by atoms with E-state index in [9.17, 15) is 18.0 Å². The lowest BCUT2D eigenvalue weighted by molar-refractivity contribution is -0.141. The van der Waals surface area contributed by atoms with E-state index in [1.807, 2.05) is 18.2 Å². The fraction of sp³-hybridized carbons (Fsp3) is 0.600. The van der Waals surface area contributed by atoms with Crippen LogP contribution in [-0.4, -0.2) is 73.6 Å². The summed E-state index contributed by atoms with van der Waals surface area (Å²) in [6, 6.07) is 9.12. The van der Waals surface area contributed by atoms with E-state index in [0.29, 0.717) is 39.1 Å². The van der Waals surface area contributed by atoms with Crippen molar-refractivity contribution in [3.8, 4) is 0 Å². The molecular formula is C20H29N3O4S. The average Bonchev–Trinajstić information content (AvgIpc) is 2.68. The molecule has 0 spiro atoms. The first-order valence-electron chi connectivity index (χ1n) is 10.0. The Balaban J connectivity index is 1.51. The van der Waals surface area contributed by atoms with Gasteiger partial charge in [-0.2, -0.15) is 4.31 Å². The van der Waals surface area contributed by atoms with Gasteiger partial charge in [0.15, 0.2) is 0 Å². The number of nitrogens with zero attached hydrogens (tertiary/aromatic N) is 3. The van der Waals surface area contributed by atoms with Crippen LogP contribution in [0.25, 0.3) is 0 Å². The van der Waals surface area contributed by atoms with E-state index in [2.05, 4.69) is 0 Å². The van der Waals surface area contributed by atoms with Crippen molar-refractivity contribution in [3.05, 3.63) is 35.9 Å². The molecule has 0 atom stereocenters. The molecule has 2 amide bonds. The van der Waals surface area contributed by atoms with Gasteiger partial charge in [-0.25, -0.2) is 8.42 Å². The summed E-state index contributed by atoms with van der Waals surface area (Å²) < 4.78 is 26.7. The van der Waals surface area contributed by atoms with Gasteiger partial charge in [0, 0.05) is 39.1 Å². The SMILES string of the molecule is O=C(CN1CCCCCCC1=O)N1CCN(S(=O)(=O)Cc2ccccc2)CC1. The van der Waals surface area contributed by atoms with Crippen LogP contribution in [0.5, 0.6) is 0 Å². The van der Waals surface area contributed by atoms with Gasteiger partial charge in [-0.3, -0.25) is 9.59 Å². The number of likely N-dealkylation sites (tertiary alicyclic amines) is 1. The molecule has 2 fully saturated rings. The van der Waals surface area contributed by atoms with Crippen LogP contribution in [0.2, 0.25) is 0 Å². The van der Waals surface area contributed by atoms with Crippen molar-refractivity contribution < 1.29 is 18.0 Å². The van der Waals surface area contributed by atoms with Crippen molar-refractivity contribution >= 4 is 21.8 Å². The summed E-state index contributed by atoms with van der Waals surface area (Å²) in [7, 11) is -3.40. The Hall–Kier alpha value is -1.93. The summed E-state index contributed by atoms with van der Waals surface area (Å²) >= 11 is 0. The summed E-state index contributed by atoms with van der Waals surface area (Å²) in [5.74, 6) is -0.0597. The van der Waals surface area contributed by atoms with Gasteiger partial charge in [0.05, 0.1) is 12.3 Å². The summed E-state index contributed by atoms with van der Waals surface area (Å²) in [6.45, 7) is 2.08. The van der Waals surface area contributed by atoms with Gasteiger partial charge in [-0.1, -0.05) is 43.2 Å². The molecule has 1 aromatic carbocycles. The minimum Gasteiger partial charge on any atom is -0.339 e. The van der Waals surface area contributed by atoms with Crippen LogP contribution in [0.3, 0.4) is 0 Å². The van der Waals surface area contributed by atoms with Crippen LogP contribution in [0.15, 0.2) is 30.3 Å². The van der Waals surface area contributed by atoms with Gasteiger partial charge < -0.3 is 9.80 Å². The number of rotatable bonds is 5. The molecule has 2 saturated heterocycles. The third kappa shape index (κ3) is 5.54. The molecule has 0 aromatic heterocycles. The molecule has 7 nitrogen and oxygen atoms in total. The zero-order valence-electron chi connectivity index (χ0n) is 16.3. The number of hydrogen-bond donors (Lipinski definition) is 0. The smallest absolute Gasteiger partial charge is 0.242 e. The lowest BCUT2D eigenvalue weighted by Crippen LogP contribution is -2.53. The van der Waals surface area contributed by atoms with E-state index in [4.69, 9.17) is 0 Å². The Bertz CT molecular complexity index is 774. The average molecular weight is 408 g/mol. The van der Waals surface area contributed by atoms with E-state index in [1.165, 1.54) is 4.31 Å². The van der Waals surface area contributed by atoms with Crippen molar-refractivity contribution in [2.75, 3.05) is 39.3 Å². The number of hydrogen-bond acceptors (Lipinski definition) is 4. The Morgan fingerprint density at radius 2 is 1.57 bits per heavy atom. The fourth-order valence-corrected chi connectivity index (χ4v) is 5.25. The molecule has 2 aliphatic rings. The third-order valence-corrected chi connectivity index (χ3v) is 7.27. The second-order valence-electron chi connectivity index (χ2n) is 7.50. The molecule has 2 aliphatic heterocycles. The number of sulfonamides is 1. The van der Waals surface area contributed by atoms with Crippen molar-refractivity contribution in [2.45, 2.75) is 37.9 Å². The topological polar surface area (TPSA) is 78.0 Å². The minimum absolute atomic E-state index is 0.0237. The van der Waals surface area contributed by atoms with Gasteiger partial charge in [0.25, 0.3) is 0 Å². The highest BCUT2D eigenvalue weighted by atomic mass is 32.2. The van der Waals surface area contributed by atoms with E-state index >= 15 is 0 Å². The van der Waals surface area contributed by atoms with E-state index in [1.54, 1.807) is 21.9 Å². The molecule has 0 bridgehead atoms. The van der Waals surface area contributed by atoms with Crippen molar-refractivity contribution in [1.82, 2.24) is 14.1 Å². The van der Waals surface area contributed by atoms with Crippen LogP contribution >= 0.6 is 0 Å². The zero-order chi connectivity index (χ0) is 20.0. The first kappa shape index (κ1) is 20.8. The number of benzene rings is 1. The molecular weight excluding hydrogens is 378 g/mol. The second kappa shape index (κ2) is 9.52. The highest BCUT2D eigenvalue weighted by molar-refractivity contribution is 7.88. The van der Waals surface area contributed by atoms with Crippen LogP contribution < -0.4 is 0 Å². The van der Waals surface area contributed by atoms with Crippen molar-refractivity contribution in [2.24, 2.45) is 0 Å². The summed E-state index contributed by atoms with van der Waals surface area (Å²) in [4.78, 5) is 28.2. The second-order valence-corrected chi connectivity index (χ2v) is 9.47. The maximum Gasteiger partial charge on any atom is 0.242 e. The maximum absolute atomic E-state index is 12.6. The molecule has 0 unspecified atom stereocenters. The number of piperazine rings is 1. The minimum atomic E-state index is -3.40. The number of amides is 2. The predicted molar refractivity (Wildman–Crippen MR) is 107 cm³/mol. The zero-order valence-corrected chi connectivity index (χ0v) is 17.1. The van der Waals surface area contributed by atoms with Gasteiger partial charge in [0.1, 0.15) is 0 Å². The van der Waals surface area contributed by atoms with Crippen LogP contribution in [0, 0.1) is 0 Å². The Morgan fingerprint density at radius 1 is 0.893 bits per heavy atom. The highest BCUT2D eigenvalue weighted by Gasteiger charge is 2.30. The Kier molecular flexibility index (Phi) is 7.07. The summed E-state index contributed by atoms with van der Waals surface area (Å²) in [5.41, 5.74) is 0.761. The van der Waals surface area contributed by atoms with Crippen LogP contribution in [0.1, 0.15) is 37.7 Å². The lowest BCUT2D eigenvalue weighted by Gasteiger charge is -2.35. The molecule has 0 aliphatic carbocycles. The van der Waals surface area contributed by atoms with E-state index in [-0.39, 0.29) is 24.1 Å². The molecule has 1 aromatic rings. The van der Waals surface area contributed by atoms with Crippen LogP contribution in [-0.2, 0) is 25.4 Å². The first-order valence-corrected chi connectivity index (χ1v) is 11.6. The number of carbonyl (C=O) groups excluding carboxylic acids is 2. The molecule has 0 N–H and O–H groups in total. The molecule has 0 saturated carbocycles. The predicted octanol–water partition coefficient (Wildman–Crippen LogP) is 1.45. The molecule has 28 heavy (non-hydrogen) atoms. The summed E-state index contributed by atoms with van der Waals surface area (Å²) in [6.07, 6.45) is 4.51. The molecule has 2 heterocycles. The van der Waals surface area contributed by atoms with Crippen molar-refractivity contribution in [3.63, 3.8) is 0 Å². The third-order valence-electron chi connectivity index (χ3n) is 5.42. The largest absolute Gasteiger partial charge is 0.339 e. The van der Waals surface area contributed by atoms with E-state index in [0.717, 1.165) is 31.2 Å². The quantitative estimate of drug-likeness (QED) is 0.740. The molecule has 0 radical (unpaired) electrons. The normalized spacial score (nSPS) is 19.9. The molecule has 154 valence electrons. The monoisotopic (exact) mass is 407 g/mol. The standard InChI is InChI=1S/C20H29N3O4S/c24-19-10-6-1-2-7-11-22(19)16-20(25)21-12-14-23(15-13-21)28(26,27)17-18-8-4-3-5-9-18/h3-5,8-9H,1-2,6-7,10-17H2. The van der Waals surface area contributed by atoms with Gasteiger partial charge in [-0.15, -0.1) is 0 Å². The summed E-state index contributed by atoms with van der Waals surface area (Å²) in [5, 5.41) is 0. The van der Waals surface area contributed by atoms with Gasteiger partial charge >= 0.3 is 0 Å². The molecule has 3 rings (SSSR count). The van der Waals surface area contributed by atoms with Crippen LogP contribution in [0.4, 0.5) is 0 Å². The van der Waals surface area contributed by atoms with Gasteiger partial charge in [-0.05, 0) is 18.4 Å². The molecule has 8 heteroatoms. The lowest BCUT2D eigenvalue weighted by atomic mass is 10.1. The number of carbonyl (C=O) groups is 2. The fourth-order valence-electron chi connectivity index (χ4n) is 3.74. The highest BCUT2D eigenvalue weighted by Crippen LogP contribution is 2.15.